The molecule has 2 atom stereocenters. The minimum atomic E-state index is 0.187. The minimum absolute atomic E-state index is 0.187. The van der Waals surface area contributed by atoms with Gasteiger partial charge in [-0.05, 0) is 42.9 Å². The van der Waals surface area contributed by atoms with Crippen LogP contribution in [0.4, 0.5) is 5.69 Å². The van der Waals surface area contributed by atoms with Gasteiger partial charge in [0.2, 0.25) is 5.91 Å². The summed E-state index contributed by atoms with van der Waals surface area (Å²) in [6.07, 6.45) is 7.50. The van der Waals surface area contributed by atoms with Crippen LogP contribution in [0.15, 0.2) is 24.3 Å². The van der Waals surface area contributed by atoms with Crippen LogP contribution >= 0.6 is 0 Å². The van der Waals surface area contributed by atoms with Gasteiger partial charge in [0.05, 0.1) is 0 Å². The first-order chi connectivity index (χ1) is 9.69. The van der Waals surface area contributed by atoms with Gasteiger partial charge in [0.25, 0.3) is 0 Å². The molecule has 20 heavy (non-hydrogen) atoms. The van der Waals surface area contributed by atoms with E-state index in [1.165, 1.54) is 31.2 Å². The van der Waals surface area contributed by atoms with Crippen LogP contribution in [0.5, 0.6) is 0 Å². The molecule has 0 aromatic heterocycles. The highest BCUT2D eigenvalue weighted by Crippen LogP contribution is 2.26. The highest BCUT2D eigenvalue weighted by atomic mass is 16.1. The molecular weight excluding hydrogens is 248 g/mol. The zero-order valence-electron chi connectivity index (χ0n) is 12.4. The van der Waals surface area contributed by atoms with E-state index in [2.05, 4.69) is 12.2 Å². The molecule has 0 bridgehead atoms. The van der Waals surface area contributed by atoms with Crippen LogP contribution in [0, 0.1) is 5.92 Å². The van der Waals surface area contributed by atoms with E-state index in [9.17, 15) is 4.79 Å². The van der Waals surface area contributed by atoms with E-state index in [-0.39, 0.29) is 5.91 Å². The van der Waals surface area contributed by atoms with Gasteiger partial charge < -0.3 is 11.1 Å². The van der Waals surface area contributed by atoms with Gasteiger partial charge >= 0.3 is 0 Å². The van der Waals surface area contributed by atoms with Crippen LogP contribution in [-0.4, -0.2) is 11.9 Å². The van der Waals surface area contributed by atoms with E-state index in [1.807, 2.05) is 24.3 Å². The van der Waals surface area contributed by atoms with Crippen molar-refractivity contribution in [2.45, 2.75) is 57.9 Å². The minimum Gasteiger partial charge on any atom is -0.399 e. The number of aryl methyl sites for hydroxylation is 1. The molecule has 1 aromatic rings. The molecule has 110 valence electrons. The summed E-state index contributed by atoms with van der Waals surface area (Å²) in [5.41, 5.74) is 7.60. The first-order valence-corrected chi connectivity index (χ1v) is 7.83. The Kier molecular flexibility index (Phi) is 5.45. The van der Waals surface area contributed by atoms with Crippen molar-refractivity contribution in [3.05, 3.63) is 29.8 Å². The van der Waals surface area contributed by atoms with Crippen molar-refractivity contribution in [2.24, 2.45) is 5.92 Å². The van der Waals surface area contributed by atoms with Crippen LogP contribution in [0.2, 0.25) is 0 Å². The molecule has 1 aromatic carbocycles. The molecule has 2 rings (SSSR count). The maximum absolute atomic E-state index is 12.1. The van der Waals surface area contributed by atoms with Crippen LogP contribution in [0.1, 0.15) is 51.0 Å². The third kappa shape index (κ3) is 4.26. The summed E-state index contributed by atoms with van der Waals surface area (Å²) in [5, 5.41) is 3.24. The molecule has 0 aliphatic heterocycles. The van der Waals surface area contributed by atoms with Gasteiger partial charge in [-0.15, -0.1) is 0 Å². The Hall–Kier alpha value is -1.51. The number of benzene rings is 1. The van der Waals surface area contributed by atoms with E-state index >= 15 is 0 Å². The number of nitrogen functional groups attached to an aromatic ring is 1. The van der Waals surface area contributed by atoms with Gasteiger partial charge in [-0.2, -0.15) is 0 Å². The Labute approximate surface area is 121 Å². The SMILES string of the molecule is CCC1CCCCC1NC(=O)CCc1ccc(N)cc1. The fraction of sp³-hybridized carbons (Fsp3) is 0.588. The molecule has 2 unspecified atom stereocenters. The smallest absolute Gasteiger partial charge is 0.220 e. The Bertz CT molecular complexity index is 427. The predicted octanol–water partition coefficient (Wildman–Crippen LogP) is 3.29. The number of carbonyl (C=O) groups is 1. The van der Waals surface area contributed by atoms with Gasteiger partial charge in [-0.3, -0.25) is 4.79 Å². The molecule has 0 heterocycles. The van der Waals surface area contributed by atoms with E-state index < -0.39 is 0 Å². The van der Waals surface area contributed by atoms with Crippen molar-refractivity contribution >= 4 is 11.6 Å². The molecule has 1 fully saturated rings. The second-order valence-corrected chi connectivity index (χ2v) is 5.87. The Balaban J connectivity index is 1.78. The summed E-state index contributed by atoms with van der Waals surface area (Å²) in [6, 6.07) is 8.17. The molecule has 0 saturated heterocycles. The molecule has 1 amide bonds. The lowest BCUT2D eigenvalue weighted by Gasteiger charge is -2.31. The summed E-state index contributed by atoms with van der Waals surface area (Å²) in [7, 11) is 0. The van der Waals surface area contributed by atoms with Crippen LogP contribution in [-0.2, 0) is 11.2 Å². The zero-order chi connectivity index (χ0) is 14.4. The van der Waals surface area contributed by atoms with E-state index in [0.717, 1.165) is 18.5 Å². The average molecular weight is 274 g/mol. The topological polar surface area (TPSA) is 55.1 Å². The zero-order valence-corrected chi connectivity index (χ0v) is 12.4. The van der Waals surface area contributed by atoms with E-state index in [1.54, 1.807) is 0 Å². The Morgan fingerprint density at radius 1 is 1.25 bits per heavy atom. The molecule has 0 spiro atoms. The number of anilines is 1. The molecule has 1 aliphatic carbocycles. The monoisotopic (exact) mass is 274 g/mol. The lowest BCUT2D eigenvalue weighted by atomic mass is 9.83. The summed E-state index contributed by atoms with van der Waals surface area (Å²) in [4.78, 5) is 12.1. The molecule has 1 aliphatic rings. The number of hydrogen-bond donors (Lipinski definition) is 2. The standard InChI is InChI=1S/C17H26N2O/c1-2-14-5-3-4-6-16(14)19-17(20)12-9-13-7-10-15(18)11-8-13/h7-8,10-11,14,16H,2-6,9,12,18H2,1H3,(H,19,20). The first kappa shape index (κ1) is 14.9. The van der Waals surface area contributed by atoms with Crippen molar-refractivity contribution in [1.82, 2.24) is 5.32 Å². The van der Waals surface area contributed by atoms with Gasteiger partial charge in [-0.25, -0.2) is 0 Å². The number of nitrogens with one attached hydrogen (secondary N) is 1. The van der Waals surface area contributed by atoms with Crippen LogP contribution < -0.4 is 11.1 Å². The highest BCUT2D eigenvalue weighted by Gasteiger charge is 2.24. The van der Waals surface area contributed by atoms with Gasteiger partial charge in [0.15, 0.2) is 0 Å². The van der Waals surface area contributed by atoms with Crippen molar-refractivity contribution in [3.63, 3.8) is 0 Å². The number of nitrogens with two attached hydrogens (primary N) is 1. The van der Waals surface area contributed by atoms with Gasteiger partial charge in [0, 0.05) is 18.2 Å². The lowest BCUT2D eigenvalue weighted by molar-refractivity contribution is -0.122. The average Bonchev–Trinajstić information content (AvgIpc) is 2.47. The van der Waals surface area contributed by atoms with Gasteiger partial charge in [0.1, 0.15) is 0 Å². The fourth-order valence-electron chi connectivity index (χ4n) is 3.11. The summed E-state index contributed by atoms with van der Waals surface area (Å²) < 4.78 is 0. The van der Waals surface area contributed by atoms with Crippen molar-refractivity contribution in [3.8, 4) is 0 Å². The quantitative estimate of drug-likeness (QED) is 0.810. The van der Waals surface area contributed by atoms with Crippen molar-refractivity contribution in [1.29, 1.82) is 0 Å². The number of rotatable bonds is 5. The maximum atomic E-state index is 12.1. The Morgan fingerprint density at radius 2 is 1.95 bits per heavy atom. The van der Waals surface area contributed by atoms with Crippen molar-refractivity contribution < 1.29 is 4.79 Å². The second kappa shape index (κ2) is 7.32. The van der Waals surface area contributed by atoms with Gasteiger partial charge in [-0.1, -0.05) is 38.3 Å². The number of amides is 1. The molecular formula is C17H26N2O. The second-order valence-electron chi connectivity index (χ2n) is 5.87. The van der Waals surface area contributed by atoms with Crippen LogP contribution in [0.25, 0.3) is 0 Å². The van der Waals surface area contributed by atoms with Crippen LogP contribution in [0.3, 0.4) is 0 Å². The van der Waals surface area contributed by atoms with E-state index in [4.69, 9.17) is 5.73 Å². The molecule has 3 nitrogen and oxygen atoms in total. The summed E-state index contributed by atoms with van der Waals surface area (Å²) in [5.74, 6) is 0.858. The lowest BCUT2D eigenvalue weighted by Crippen LogP contribution is -2.41. The number of hydrogen-bond acceptors (Lipinski definition) is 2. The largest absolute Gasteiger partial charge is 0.399 e. The summed E-state index contributed by atoms with van der Waals surface area (Å²) >= 11 is 0. The van der Waals surface area contributed by atoms with E-state index in [0.29, 0.717) is 18.4 Å². The fourth-order valence-corrected chi connectivity index (χ4v) is 3.11. The molecule has 1 saturated carbocycles. The highest BCUT2D eigenvalue weighted by molar-refractivity contribution is 5.76. The molecule has 0 radical (unpaired) electrons. The first-order valence-electron chi connectivity index (χ1n) is 7.83. The maximum Gasteiger partial charge on any atom is 0.220 e. The third-order valence-electron chi connectivity index (χ3n) is 4.40. The molecule has 3 N–H and O–H groups in total. The predicted molar refractivity (Wildman–Crippen MR) is 83.4 cm³/mol. The Morgan fingerprint density at radius 3 is 2.65 bits per heavy atom. The molecule has 3 heteroatoms. The third-order valence-corrected chi connectivity index (χ3v) is 4.40. The summed E-state index contributed by atoms with van der Waals surface area (Å²) in [6.45, 7) is 2.23. The number of carbonyl (C=O) groups excluding carboxylic acids is 1. The van der Waals surface area contributed by atoms with Crippen molar-refractivity contribution in [2.75, 3.05) is 5.73 Å². The normalized spacial score (nSPS) is 22.4.